The van der Waals surface area contributed by atoms with Crippen molar-refractivity contribution in [2.45, 2.75) is 6.42 Å². The molecular formula is C13H10N2OS2. The Hall–Kier alpha value is -1.59. The highest BCUT2D eigenvalue weighted by Gasteiger charge is 2.22. The Bertz CT molecular complexity index is 623. The number of aromatic nitrogens is 1. The van der Waals surface area contributed by atoms with Gasteiger partial charge in [0.05, 0.1) is 4.91 Å². The number of H-pyrrole nitrogens is 1. The maximum absolute atomic E-state index is 11.6. The Morgan fingerprint density at radius 1 is 1.33 bits per heavy atom. The summed E-state index contributed by atoms with van der Waals surface area (Å²) in [4.78, 5) is 15.5. The normalized spacial score (nSPS) is 20.1. The molecule has 1 aliphatic heterocycles. The number of aromatic amines is 1. The summed E-state index contributed by atoms with van der Waals surface area (Å²) < 4.78 is 0.517. The van der Waals surface area contributed by atoms with Gasteiger partial charge in [0, 0.05) is 23.0 Å². The Balaban J connectivity index is 2.02. The highest BCUT2D eigenvalue weighted by Crippen LogP contribution is 2.29. The predicted molar refractivity (Wildman–Crippen MR) is 79.8 cm³/mol. The monoisotopic (exact) mass is 274 g/mol. The van der Waals surface area contributed by atoms with Gasteiger partial charge in [-0.1, -0.05) is 42.2 Å². The van der Waals surface area contributed by atoms with Crippen molar-refractivity contribution in [3.05, 3.63) is 40.1 Å². The van der Waals surface area contributed by atoms with Crippen LogP contribution < -0.4 is 5.32 Å². The fraction of sp³-hybridized carbons (Fsp3) is 0.0769. The summed E-state index contributed by atoms with van der Waals surface area (Å²) in [6, 6.07) is 0. The van der Waals surface area contributed by atoms with Crippen molar-refractivity contribution in [2.75, 3.05) is 0 Å². The molecule has 0 atom stereocenters. The van der Waals surface area contributed by atoms with Crippen LogP contribution in [0.2, 0.25) is 0 Å². The number of fused-ring (bicyclic) bond motifs is 1. The summed E-state index contributed by atoms with van der Waals surface area (Å²) in [6.07, 6.45) is 13.0. The molecule has 0 bridgehead atoms. The number of amides is 1. The van der Waals surface area contributed by atoms with Crippen molar-refractivity contribution in [3.8, 4) is 0 Å². The second-order valence-electron chi connectivity index (χ2n) is 3.96. The highest BCUT2D eigenvalue weighted by molar-refractivity contribution is 8.26. The van der Waals surface area contributed by atoms with E-state index >= 15 is 0 Å². The number of nitrogens with one attached hydrogen (secondary N) is 2. The summed E-state index contributed by atoms with van der Waals surface area (Å²) in [5, 5.41) is 2.62. The van der Waals surface area contributed by atoms with Crippen molar-refractivity contribution in [1.82, 2.24) is 10.3 Å². The first-order valence-corrected chi connectivity index (χ1v) is 6.76. The van der Waals surface area contributed by atoms with Crippen LogP contribution in [0.15, 0.2) is 23.3 Å². The molecule has 1 aromatic heterocycles. The molecule has 3 rings (SSSR count). The second kappa shape index (κ2) is 4.59. The quantitative estimate of drug-likeness (QED) is 0.611. The first-order valence-electron chi connectivity index (χ1n) is 5.53. The summed E-state index contributed by atoms with van der Waals surface area (Å²) in [7, 11) is 0. The fourth-order valence-corrected chi connectivity index (χ4v) is 2.96. The topological polar surface area (TPSA) is 44.9 Å². The summed E-state index contributed by atoms with van der Waals surface area (Å²) in [6.45, 7) is 0. The predicted octanol–water partition coefficient (Wildman–Crippen LogP) is 2.93. The standard InChI is InChI=1S/C13H10N2OS2/c16-12-11(18-13(17)15-12)6-8-7-14-10-5-3-1-2-4-9(8)10/h2-7,14H,1H2,(H,15,16,17)/b11-6-. The van der Waals surface area contributed by atoms with Crippen LogP contribution in [0, 0.1) is 0 Å². The first-order chi connectivity index (χ1) is 8.74. The van der Waals surface area contributed by atoms with E-state index in [0.717, 1.165) is 23.2 Å². The summed E-state index contributed by atoms with van der Waals surface area (Å²) >= 11 is 6.27. The number of thiocarbonyl (C=S) groups is 1. The van der Waals surface area contributed by atoms with Gasteiger partial charge in [0.1, 0.15) is 4.32 Å². The van der Waals surface area contributed by atoms with E-state index in [9.17, 15) is 4.79 Å². The zero-order valence-electron chi connectivity index (χ0n) is 9.40. The molecule has 1 amide bonds. The van der Waals surface area contributed by atoms with Crippen molar-refractivity contribution in [1.29, 1.82) is 0 Å². The molecule has 1 aromatic rings. The van der Waals surface area contributed by atoms with Crippen molar-refractivity contribution < 1.29 is 4.79 Å². The van der Waals surface area contributed by atoms with Crippen LogP contribution >= 0.6 is 24.0 Å². The minimum absolute atomic E-state index is 0.118. The molecule has 0 unspecified atom stereocenters. The maximum Gasteiger partial charge on any atom is 0.263 e. The molecule has 3 nitrogen and oxygen atoms in total. The van der Waals surface area contributed by atoms with Crippen LogP contribution in [0.3, 0.4) is 0 Å². The SMILES string of the molecule is O=C1NC(=S)S/C1=C\c1c[nH]c2c1C=CCC=C2. The Morgan fingerprint density at radius 3 is 2.94 bits per heavy atom. The molecule has 1 saturated heterocycles. The third kappa shape index (κ3) is 2.07. The van der Waals surface area contributed by atoms with E-state index in [1.165, 1.54) is 11.8 Å². The lowest BCUT2D eigenvalue weighted by atomic mass is 10.1. The molecule has 0 spiro atoms. The third-order valence-corrected chi connectivity index (χ3v) is 3.92. The van der Waals surface area contributed by atoms with Crippen LogP contribution in [0.4, 0.5) is 0 Å². The molecule has 0 radical (unpaired) electrons. The first kappa shape index (κ1) is 11.5. The summed E-state index contributed by atoms with van der Waals surface area (Å²) in [5.74, 6) is -0.118. The van der Waals surface area contributed by atoms with Gasteiger partial charge in [0.25, 0.3) is 5.91 Å². The van der Waals surface area contributed by atoms with E-state index in [0.29, 0.717) is 9.23 Å². The van der Waals surface area contributed by atoms with Crippen molar-refractivity contribution >= 4 is 52.4 Å². The Morgan fingerprint density at radius 2 is 2.17 bits per heavy atom. The van der Waals surface area contributed by atoms with Crippen LogP contribution in [0.1, 0.15) is 23.2 Å². The van der Waals surface area contributed by atoms with Gasteiger partial charge in [-0.2, -0.15) is 0 Å². The third-order valence-electron chi connectivity index (χ3n) is 2.75. The van der Waals surface area contributed by atoms with Gasteiger partial charge in [-0.25, -0.2) is 0 Å². The number of carbonyl (C=O) groups excluding carboxylic acids is 1. The largest absolute Gasteiger partial charge is 0.361 e. The molecule has 2 aliphatic rings. The van der Waals surface area contributed by atoms with Crippen molar-refractivity contribution in [2.24, 2.45) is 0 Å². The Kier molecular flexibility index (Phi) is 2.93. The van der Waals surface area contributed by atoms with Crippen LogP contribution in [0.25, 0.3) is 18.2 Å². The van der Waals surface area contributed by atoms with Crippen molar-refractivity contribution in [3.63, 3.8) is 0 Å². The number of allylic oxidation sites excluding steroid dienone is 2. The van der Waals surface area contributed by atoms with Crippen LogP contribution in [-0.2, 0) is 4.79 Å². The molecule has 2 N–H and O–H groups in total. The minimum atomic E-state index is -0.118. The lowest BCUT2D eigenvalue weighted by molar-refractivity contribution is -0.115. The van der Waals surface area contributed by atoms with Crippen LogP contribution in [0.5, 0.6) is 0 Å². The van der Waals surface area contributed by atoms with Gasteiger partial charge < -0.3 is 10.3 Å². The molecule has 90 valence electrons. The highest BCUT2D eigenvalue weighted by atomic mass is 32.2. The van der Waals surface area contributed by atoms with Gasteiger partial charge in [-0.15, -0.1) is 0 Å². The average molecular weight is 274 g/mol. The molecular weight excluding hydrogens is 264 g/mol. The van der Waals surface area contributed by atoms with E-state index in [1.54, 1.807) is 0 Å². The lowest BCUT2D eigenvalue weighted by Crippen LogP contribution is -2.17. The van der Waals surface area contributed by atoms with E-state index in [2.05, 4.69) is 34.6 Å². The minimum Gasteiger partial charge on any atom is -0.361 e. The Labute approximate surface area is 114 Å². The van der Waals surface area contributed by atoms with Gasteiger partial charge in [-0.05, 0) is 18.6 Å². The van der Waals surface area contributed by atoms with Gasteiger partial charge in [0.15, 0.2) is 0 Å². The number of thioether (sulfide) groups is 1. The van der Waals surface area contributed by atoms with E-state index < -0.39 is 0 Å². The smallest absolute Gasteiger partial charge is 0.263 e. The van der Waals surface area contributed by atoms with E-state index in [4.69, 9.17) is 12.2 Å². The zero-order valence-corrected chi connectivity index (χ0v) is 11.0. The zero-order chi connectivity index (χ0) is 12.5. The van der Waals surface area contributed by atoms with Gasteiger partial charge in [-0.3, -0.25) is 4.79 Å². The van der Waals surface area contributed by atoms with Crippen LogP contribution in [-0.4, -0.2) is 15.2 Å². The number of carbonyl (C=O) groups is 1. The average Bonchev–Trinajstić information content (AvgIpc) is 2.75. The number of hydrogen-bond acceptors (Lipinski definition) is 3. The fourth-order valence-electron chi connectivity index (χ4n) is 1.92. The number of rotatable bonds is 1. The second-order valence-corrected chi connectivity index (χ2v) is 5.68. The molecule has 1 aliphatic carbocycles. The number of hydrogen-bond donors (Lipinski definition) is 2. The molecule has 18 heavy (non-hydrogen) atoms. The molecule has 0 aromatic carbocycles. The molecule has 2 heterocycles. The summed E-state index contributed by atoms with van der Waals surface area (Å²) in [5.41, 5.74) is 3.19. The molecule has 1 fully saturated rings. The van der Waals surface area contributed by atoms with Gasteiger partial charge in [0.2, 0.25) is 0 Å². The van der Waals surface area contributed by atoms with E-state index in [1.807, 2.05) is 12.3 Å². The maximum atomic E-state index is 11.6. The molecule has 0 saturated carbocycles. The molecule has 5 heteroatoms. The van der Waals surface area contributed by atoms with Gasteiger partial charge >= 0.3 is 0 Å². The van der Waals surface area contributed by atoms with E-state index in [-0.39, 0.29) is 5.91 Å². The lowest BCUT2D eigenvalue weighted by Gasteiger charge is -1.95.